The average Bonchev–Trinajstić information content (AvgIpc) is 2.42. The lowest BCUT2D eigenvalue weighted by Gasteiger charge is -2.11. The smallest absolute Gasteiger partial charge is 0.316 e. The van der Waals surface area contributed by atoms with Gasteiger partial charge in [0.15, 0.2) is 0 Å². The van der Waals surface area contributed by atoms with Gasteiger partial charge in [-0.2, -0.15) is 0 Å². The maximum Gasteiger partial charge on any atom is 0.316 e. The lowest BCUT2D eigenvalue weighted by atomic mass is 10.0. The number of amides is 2. The molecule has 0 unspecified atom stereocenters. The normalized spacial score (nSPS) is 14.5. The Balaban J connectivity index is 2.26. The van der Waals surface area contributed by atoms with Gasteiger partial charge in [-0.1, -0.05) is 0 Å². The molecule has 14 heavy (non-hydrogen) atoms. The maximum absolute atomic E-state index is 10.6. The molecule has 0 aliphatic heterocycles. The van der Waals surface area contributed by atoms with Gasteiger partial charge in [0.25, 0.3) is 0 Å². The second kappa shape index (κ2) is 3.21. The topological polar surface area (TPSA) is 68.3 Å². The van der Waals surface area contributed by atoms with Crippen LogP contribution >= 0.6 is 0 Å². The number of nitrogens with one attached hydrogen (secondary N) is 1. The second-order valence-electron chi connectivity index (χ2n) is 3.39. The SMILES string of the molecule is Cc1cc2c(o1)CCC(NC(N)=O)=C2. The first-order valence-corrected chi connectivity index (χ1v) is 4.51. The van der Waals surface area contributed by atoms with E-state index in [0.717, 1.165) is 35.6 Å². The summed E-state index contributed by atoms with van der Waals surface area (Å²) in [6.45, 7) is 1.91. The van der Waals surface area contributed by atoms with Gasteiger partial charge in [-0.3, -0.25) is 0 Å². The highest BCUT2D eigenvalue weighted by Gasteiger charge is 2.14. The third kappa shape index (κ3) is 1.64. The van der Waals surface area contributed by atoms with E-state index in [9.17, 15) is 4.79 Å². The van der Waals surface area contributed by atoms with Crippen LogP contribution in [0.1, 0.15) is 23.5 Å². The van der Waals surface area contributed by atoms with Crippen LogP contribution in [0.5, 0.6) is 0 Å². The fourth-order valence-corrected chi connectivity index (χ4v) is 1.66. The molecule has 2 rings (SSSR count). The van der Waals surface area contributed by atoms with Gasteiger partial charge in [-0.05, 0) is 25.5 Å². The van der Waals surface area contributed by atoms with Crippen molar-refractivity contribution in [3.05, 3.63) is 28.8 Å². The number of allylic oxidation sites excluding steroid dienone is 1. The Labute approximate surface area is 81.8 Å². The molecule has 0 spiro atoms. The van der Waals surface area contributed by atoms with Crippen LogP contribution < -0.4 is 11.1 Å². The maximum atomic E-state index is 10.6. The Morgan fingerprint density at radius 3 is 3.07 bits per heavy atom. The molecular weight excluding hydrogens is 180 g/mol. The molecule has 0 radical (unpaired) electrons. The van der Waals surface area contributed by atoms with E-state index in [-0.39, 0.29) is 0 Å². The fourth-order valence-electron chi connectivity index (χ4n) is 1.66. The van der Waals surface area contributed by atoms with E-state index in [1.807, 2.05) is 19.1 Å². The number of hydrogen-bond donors (Lipinski definition) is 2. The number of carbonyl (C=O) groups is 1. The van der Waals surface area contributed by atoms with Crippen LogP contribution in [0.4, 0.5) is 4.79 Å². The van der Waals surface area contributed by atoms with Crippen molar-refractivity contribution in [3.8, 4) is 0 Å². The minimum atomic E-state index is -0.514. The summed E-state index contributed by atoms with van der Waals surface area (Å²) in [7, 11) is 0. The molecule has 0 aromatic carbocycles. The molecule has 4 heteroatoms. The van der Waals surface area contributed by atoms with E-state index in [1.54, 1.807) is 0 Å². The lowest BCUT2D eigenvalue weighted by Crippen LogP contribution is -2.29. The molecule has 3 N–H and O–H groups in total. The van der Waals surface area contributed by atoms with Crippen LogP contribution in [-0.4, -0.2) is 6.03 Å². The number of nitrogens with two attached hydrogens (primary N) is 1. The number of fused-ring (bicyclic) bond motifs is 1. The van der Waals surface area contributed by atoms with Gasteiger partial charge in [0.05, 0.1) is 0 Å². The van der Waals surface area contributed by atoms with Crippen LogP contribution in [0.2, 0.25) is 0 Å². The number of rotatable bonds is 1. The highest BCUT2D eigenvalue weighted by molar-refractivity contribution is 5.76. The molecule has 2 amide bonds. The van der Waals surface area contributed by atoms with Crippen molar-refractivity contribution < 1.29 is 9.21 Å². The van der Waals surface area contributed by atoms with Crippen molar-refractivity contribution >= 4 is 12.1 Å². The monoisotopic (exact) mass is 192 g/mol. The largest absolute Gasteiger partial charge is 0.466 e. The van der Waals surface area contributed by atoms with Gasteiger partial charge < -0.3 is 15.5 Å². The Hall–Kier alpha value is -1.71. The molecule has 1 aliphatic carbocycles. The van der Waals surface area contributed by atoms with E-state index in [4.69, 9.17) is 10.2 Å². The van der Waals surface area contributed by atoms with Crippen LogP contribution in [-0.2, 0) is 6.42 Å². The van der Waals surface area contributed by atoms with Gasteiger partial charge in [0.1, 0.15) is 11.5 Å². The fraction of sp³-hybridized carbons (Fsp3) is 0.300. The Morgan fingerprint density at radius 1 is 1.57 bits per heavy atom. The Morgan fingerprint density at radius 2 is 2.36 bits per heavy atom. The summed E-state index contributed by atoms with van der Waals surface area (Å²) < 4.78 is 5.47. The zero-order chi connectivity index (χ0) is 10.1. The van der Waals surface area contributed by atoms with E-state index in [1.165, 1.54) is 0 Å². The predicted octanol–water partition coefficient (Wildman–Crippen LogP) is 1.54. The van der Waals surface area contributed by atoms with Crippen molar-refractivity contribution in [2.45, 2.75) is 19.8 Å². The third-order valence-corrected chi connectivity index (χ3v) is 2.20. The summed E-state index contributed by atoms with van der Waals surface area (Å²) in [6.07, 6.45) is 3.48. The summed E-state index contributed by atoms with van der Waals surface area (Å²) in [4.78, 5) is 10.6. The van der Waals surface area contributed by atoms with E-state index in [0.29, 0.717) is 0 Å². The van der Waals surface area contributed by atoms with Gasteiger partial charge in [0, 0.05) is 17.7 Å². The molecule has 0 fully saturated rings. The quantitative estimate of drug-likeness (QED) is 0.708. The van der Waals surface area contributed by atoms with Crippen molar-refractivity contribution in [3.63, 3.8) is 0 Å². The predicted molar refractivity (Wildman–Crippen MR) is 52.5 cm³/mol. The molecule has 4 nitrogen and oxygen atoms in total. The number of furan rings is 1. The number of urea groups is 1. The number of aryl methyl sites for hydroxylation is 2. The first-order chi connectivity index (χ1) is 6.65. The molecule has 1 aromatic rings. The highest BCUT2D eigenvalue weighted by atomic mass is 16.3. The molecule has 0 bridgehead atoms. The first-order valence-electron chi connectivity index (χ1n) is 4.51. The molecule has 0 saturated heterocycles. The highest BCUT2D eigenvalue weighted by Crippen LogP contribution is 2.25. The van der Waals surface area contributed by atoms with Gasteiger partial charge in [-0.15, -0.1) is 0 Å². The minimum Gasteiger partial charge on any atom is -0.466 e. The number of hydrogen-bond acceptors (Lipinski definition) is 2. The van der Waals surface area contributed by atoms with Crippen molar-refractivity contribution in [2.24, 2.45) is 5.73 Å². The Bertz CT molecular complexity index is 404. The standard InChI is InChI=1S/C10H12N2O2/c1-6-4-7-5-8(12-10(11)13)2-3-9(7)14-6/h4-5H,2-3H2,1H3,(H3,11,12,13). The summed E-state index contributed by atoms with van der Waals surface area (Å²) in [6, 6.07) is 1.44. The summed E-state index contributed by atoms with van der Waals surface area (Å²) in [5.74, 6) is 1.88. The molecule has 1 aliphatic rings. The van der Waals surface area contributed by atoms with Crippen LogP contribution in [0, 0.1) is 6.92 Å². The van der Waals surface area contributed by atoms with Gasteiger partial charge in [0.2, 0.25) is 0 Å². The molecule has 0 atom stereocenters. The lowest BCUT2D eigenvalue weighted by molar-refractivity contribution is 0.251. The van der Waals surface area contributed by atoms with Crippen LogP contribution in [0.3, 0.4) is 0 Å². The molecule has 0 saturated carbocycles. The van der Waals surface area contributed by atoms with E-state index in [2.05, 4.69) is 5.32 Å². The number of carbonyl (C=O) groups excluding carboxylic acids is 1. The second-order valence-corrected chi connectivity index (χ2v) is 3.39. The van der Waals surface area contributed by atoms with Crippen molar-refractivity contribution in [2.75, 3.05) is 0 Å². The van der Waals surface area contributed by atoms with Gasteiger partial charge >= 0.3 is 6.03 Å². The molecular formula is C10H12N2O2. The zero-order valence-corrected chi connectivity index (χ0v) is 7.96. The Kier molecular flexibility index (Phi) is 2.04. The van der Waals surface area contributed by atoms with Crippen molar-refractivity contribution in [1.82, 2.24) is 5.32 Å². The molecule has 1 heterocycles. The minimum absolute atomic E-state index is 0.514. The summed E-state index contributed by atoms with van der Waals surface area (Å²) in [5, 5.41) is 2.59. The van der Waals surface area contributed by atoms with E-state index >= 15 is 0 Å². The number of primary amides is 1. The van der Waals surface area contributed by atoms with Gasteiger partial charge in [-0.25, -0.2) is 4.79 Å². The zero-order valence-electron chi connectivity index (χ0n) is 7.96. The van der Waals surface area contributed by atoms with E-state index < -0.39 is 6.03 Å². The third-order valence-electron chi connectivity index (χ3n) is 2.20. The summed E-state index contributed by atoms with van der Waals surface area (Å²) >= 11 is 0. The first kappa shape index (κ1) is 8.87. The van der Waals surface area contributed by atoms with Crippen LogP contribution in [0.15, 0.2) is 16.2 Å². The van der Waals surface area contributed by atoms with Crippen LogP contribution in [0.25, 0.3) is 6.08 Å². The molecule has 74 valence electrons. The van der Waals surface area contributed by atoms with Crippen molar-refractivity contribution in [1.29, 1.82) is 0 Å². The molecule has 1 aromatic heterocycles. The average molecular weight is 192 g/mol. The summed E-state index contributed by atoms with van der Waals surface area (Å²) in [5.41, 5.74) is 6.93.